The smallest absolute Gasteiger partial charge is 0.243 e. The molecule has 0 aromatic heterocycles. The highest BCUT2D eigenvalue weighted by Gasteiger charge is 2.29. The van der Waals surface area contributed by atoms with Crippen molar-refractivity contribution < 1.29 is 9.59 Å². The van der Waals surface area contributed by atoms with Crippen molar-refractivity contribution in [1.29, 1.82) is 0 Å². The van der Waals surface area contributed by atoms with Crippen LogP contribution in [-0.4, -0.2) is 28.8 Å². The first-order valence-electron chi connectivity index (χ1n) is 10.2. The van der Waals surface area contributed by atoms with Gasteiger partial charge in [0.1, 0.15) is 6.04 Å². The Hall–Kier alpha value is -2.33. The standard InChI is InChI=1S/C24H31ClN2O2/c1-5-18(4)26-24(29)22(6-2)27(16-20-9-7-8-10-21(20)25)23(28)15-19-13-11-17(3)12-14-19/h7-14,18,22H,5-6,15-16H2,1-4H3,(H,26,29)/t18-,22-/m0/s1. The number of aryl methyl sites for hydroxylation is 1. The lowest BCUT2D eigenvalue weighted by Crippen LogP contribution is -2.51. The third-order valence-electron chi connectivity index (χ3n) is 5.16. The Morgan fingerprint density at radius 1 is 1.03 bits per heavy atom. The highest BCUT2D eigenvalue weighted by molar-refractivity contribution is 6.31. The Balaban J connectivity index is 2.30. The van der Waals surface area contributed by atoms with Crippen LogP contribution in [0.25, 0.3) is 0 Å². The van der Waals surface area contributed by atoms with Crippen molar-refractivity contribution in [3.63, 3.8) is 0 Å². The molecule has 2 aromatic rings. The fourth-order valence-corrected chi connectivity index (χ4v) is 3.35. The van der Waals surface area contributed by atoms with Crippen LogP contribution in [0, 0.1) is 6.92 Å². The largest absolute Gasteiger partial charge is 0.352 e. The van der Waals surface area contributed by atoms with Crippen LogP contribution in [0.15, 0.2) is 48.5 Å². The Morgan fingerprint density at radius 3 is 2.28 bits per heavy atom. The summed E-state index contributed by atoms with van der Waals surface area (Å²) in [5, 5.41) is 3.62. The fraction of sp³-hybridized carbons (Fsp3) is 0.417. The summed E-state index contributed by atoms with van der Waals surface area (Å²) in [7, 11) is 0. The van der Waals surface area contributed by atoms with E-state index in [0.29, 0.717) is 18.0 Å². The highest BCUT2D eigenvalue weighted by atomic mass is 35.5. The van der Waals surface area contributed by atoms with Crippen molar-refractivity contribution in [1.82, 2.24) is 10.2 Å². The van der Waals surface area contributed by atoms with E-state index in [1.54, 1.807) is 11.0 Å². The minimum Gasteiger partial charge on any atom is -0.352 e. The molecule has 5 heteroatoms. The zero-order valence-electron chi connectivity index (χ0n) is 17.7. The molecule has 0 spiro atoms. The van der Waals surface area contributed by atoms with E-state index in [1.807, 2.05) is 70.2 Å². The molecule has 0 saturated carbocycles. The molecule has 2 amide bonds. The summed E-state index contributed by atoms with van der Waals surface area (Å²) in [5.74, 6) is -0.203. The van der Waals surface area contributed by atoms with Crippen molar-refractivity contribution in [2.45, 2.75) is 65.6 Å². The second-order valence-corrected chi connectivity index (χ2v) is 7.92. The number of rotatable bonds is 9. The highest BCUT2D eigenvalue weighted by Crippen LogP contribution is 2.21. The van der Waals surface area contributed by atoms with Gasteiger partial charge in [-0.3, -0.25) is 9.59 Å². The van der Waals surface area contributed by atoms with Crippen LogP contribution in [0.2, 0.25) is 5.02 Å². The molecule has 0 aliphatic rings. The van der Waals surface area contributed by atoms with E-state index in [9.17, 15) is 9.59 Å². The molecule has 1 N–H and O–H groups in total. The van der Waals surface area contributed by atoms with Crippen LogP contribution in [0.4, 0.5) is 0 Å². The van der Waals surface area contributed by atoms with Gasteiger partial charge in [-0.1, -0.05) is 73.5 Å². The predicted octanol–water partition coefficient (Wildman–Crippen LogP) is 4.91. The third kappa shape index (κ3) is 6.60. The SMILES string of the molecule is CC[C@H](C)NC(=O)[C@H](CC)N(Cc1ccccc1Cl)C(=O)Cc1ccc(C)cc1. The maximum atomic E-state index is 13.3. The molecule has 2 rings (SSSR count). The lowest BCUT2D eigenvalue weighted by Gasteiger charge is -2.32. The Labute approximate surface area is 179 Å². The van der Waals surface area contributed by atoms with Gasteiger partial charge in [-0.2, -0.15) is 0 Å². The first-order valence-corrected chi connectivity index (χ1v) is 10.6. The van der Waals surface area contributed by atoms with Crippen LogP contribution in [0.1, 0.15) is 50.3 Å². The molecule has 4 nitrogen and oxygen atoms in total. The predicted molar refractivity (Wildman–Crippen MR) is 119 cm³/mol. The molecule has 0 saturated heterocycles. The number of nitrogens with one attached hydrogen (secondary N) is 1. The molecule has 0 aliphatic carbocycles. The van der Waals surface area contributed by atoms with Crippen molar-refractivity contribution in [3.05, 3.63) is 70.2 Å². The Morgan fingerprint density at radius 2 is 1.69 bits per heavy atom. The number of carbonyl (C=O) groups is 2. The van der Waals surface area contributed by atoms with Crippen molar-refractivity contribution in [3.8, 4) is 0 Å². The van der Waals surface area contributed by atoms with Gasteiger partial charge >= 0.3 is 0 Å². The van der Waals surface area contributed by atoms with Crippen molar-refractivity contribution in [2.24, 2.45) is 0 Å². The van der Waals surface area contributed by atoms with Crippen molar-refractivity contribution >= 4 is 23.4 Å². The van der Waals surface area contributed by atoms with E-state index in [2.05, 4.69) is 5.32 Å². The van der Waals surface area contributed by atoms with Gasteiger partial charge in [-0.05, 0) is 43.9 Å². The zero-order chi connectivity index (χ0) is 21.4. The number of nitrogens with zero attached hydrogens (tertiary/aromatic N) is 1. The van der Waals surface area contributed by atoms with E-state index in [1.165, 1.54) is 0 Å². The van der Waals surface area contributed by atoms with Gasteiger partial charge in [-0.15, -0.1) is 0 Å². The molecule has 2 atom stereocenters. The van der Waals surface area contributed by atoms with E-state index in [-0.39, 0.29) is 24.3 Å². The topological polar surface area (TPSA) is 49.4 Å². The number of carbonyl (C=O) groups excluding carboxylic acids is 2. The average Bonchev–Trinajstić information content (AvgIpc) is 2.70. The molecule has 0 fully saturated rings. The van der Waals surface area contributed by atoms with Gasteiger partial charge in [-0.25, -0.2) is 0 Å². The van der Waals surface area contributed by atoms with Gasteiger partial charge in [0.15, 0.2) is 0 Å². The van der Waals surface area contributed by atoms with Crippen LogP contribution >= 0.6 is 11.6 Å². The monoisotopic (exact) mass is 414 g/mol. The molecule has 0 aliphatic heterocycles. The van der Waals surface area contributed by atoms with E-state index in [0.717, 1.165) is 23.1 Å². The third-order valence-corrected chi connectivity index (χ3v) is 5.53. The molecule has 156 valence electrons. The molecule has 0 unspecified atom stereocenters. The number of amides is 2. The Kier molecular flexibility index (Phi) is 8.71. The van der Waals surface area contributed by atoms with Crippen LogP contribution in [0.3, 0.4) is 0 Å². The van der Waals surface area contributed by atoms with E-state index >= 15 is 0 Å². The summed E-state index contributed by atoms with van der Waals surface area (Å²) in [6.07, 6.45) is 1.62. The molecule has 2 aromatic carbocycles. The molecule has 29 heavy (non-hydrogen) atoms. The first-order chi connectivity index (χ1) is 13.8. The van der Waals surface area contributed by atoms with E-state index in [4.69, 9.17) is 11.6 Å². The number of hydrogen-bond acceptors (Lipinski definition) is 2. The Bertz CT molecular complexity index is 820. The summed E-state index contributed by atoms with van der Waals surface area (Å²) in [6.45, 7) is 8.24. The maximum absolute atomic E-state index is 13.3. The quantitative estimate of drug-likeness (QED) is 0.633. The summed E-state index contributed by atoms with van der Waals surface area (Å²) in [4.78, 5) is 27.9. The van der Waals surface area contributed by atoms with Gasteiger partial charge in [0.25, 0.3) is 0 Å². The second-order valence-electron chi connectivity index (χ2n) is 7.52. The van der Waals surface area contributed by atoms with Gasteiger partial charge < -0.3 is 10.2 Å². The van der Waals surface area contributed by atoms with Crippen LogP contribution < -0.4 is 5.32 Å². The van der Waals surface area contributed by atoms with Crippen LogP contribution in [0.5, 0.6) is 0 Å². The molecular formula is C24H31ClN2O2. The van der Waals surface area contributed by atoms with Crippen molar-refractivity contribution in [2.75, 3.05) is 0 Å². The van der Waals surface area contributed by atoms with Gasteiger partial charge in [0.2, 0.25) is 11.8 Å². The molecular weight excluding hydrogens is 384 g/mol. The molecule has 0 bridgehead atoms. The molecule has 0 radical (unpaired) electrons. The minimum absolute atomic E-state index is 0.0610. The van der Waals surface area contributed by atoms with Gasteiger partial charge in [0, 0.05) is 17.6 Å². The minimum atomic E-state index is -0.543. The maximum Gasteiger partial charge on any atom is 0.243 e. The normalized spacial score (nSPS) is 12.9. The molecule has 0 heterocycles. The average molecular weight is 415 g/mol. The fourth-order valence-electron chi connectivity index (χ4n) is 3.15. The number of halogens is 1. The zero-order valence-corrected chi connectivity index (χ0v) is 18.5. The number of benzene rings is 2. The summed E-state index contributed by atoms with van der Waals surface area (Å²) in [6, 6.07) is 14.9. The van der Waals surface area contributed by atoms with E-state index < -0.39 is 6.04 Å². The van der Waals surface area contributed by atoms with Crippen LogP contribution in [-0.2, 0) is 22.6 Å². The summed E-state index contributed by atoms with van der Waals surface area (Å²) in [5.41, 5.74) is 2.91. The summed E-state index contributed by atoms with van der Waals surface area (Å²) < 4.78 is 0. The summed E-state index contributed by atoms with van der Waals surface area (Å²) >= 11 is 6.35. The number of hydrogen-bond donors (Lipinski definition) is 1. The first kappa shape index (κ1) is 23.0. The lowest BCUT2D eigenvalue weighted by molar-refractivity contribution is -0.141. The lowest BCUT2D eigenvalue weighted by atomic mass is 10.1. The second kappa shape index (κ2) is 11.0. The van der Waals surface area contributed by atoms with Gasteiger partial charge in [0.05, 0.1) is 6.42 Å².